The number of hydrogen-bond donors (Lipinski definition) is 3. The minimum atomic E-state index is -1.22. The van der Waals surface area contributed by atoms with Crippen molar-refractivity contribution in [2.75, 3.05) is 18.6 Å². The lowest BCUT2D eigenvalue weighted by Gasteiger charge is -2.26. The second-order valence-electron chi connectivity index (χ2n) is 7.81. The first-order valence-corrected chi connectivity index (χ1v) is 11.5. The van der Waals surface area contributed by atoms with E-state index < -0.39 is 23.5 Å². The molecule has 3 aromatic rings. The van der Waals surface area contributed by atoms with Crippen LogP contribution in [0.5, 0.6) is 23.0 Å². The lowest BCUT2D eigenvalue weighted by molar-refractivity contribution is -0.132. The van der Waals surface area contributed by atoms with E-state index in [4.69, 9.17) is 32.7 Å². The molecule has 0 radical (unpaired) electrons. The van der Waals surface area contributed by atoms with Crippen LogP contribution in [0.3, 0.4) is 0 Å². The number of aliphatic hydroxyl groups excluding tert-OH is 1. The number of phenolic OH excluding ortho intramolecular Hbond substituents is 2. The Morgan fingerprint density at radius 1 is 0.944 bits per heavy atom. The second-order valence-corrected chi connectivity index (χ2v) is 8.68. The van der Waals surface area contributed by atoms with Crippen LogP contribution in [0.15, 0.2) is 60.2 Å². The summed E-state index contributed by atoms with van der Waals surface area (Å²) in [6.45, 7) is 1.97. The summed E-state index contributed by atoms with van der Waals surface area (Å²) in [5, 5.41) is 32.6. The van der Waals surface area contributed by atoms with Gasteiger partial charge in [-0.05, 0) is 61.0 Å². The van der Waals surface area contributed by atoms with E-state index in [2.05, 4.69) is 0 Å². The predicted octanol–water partition coefficient (Wildman–Crippen LogP) is 5.44. The molecule has 1 saturated heterocycles. The van der Waals surface area contributed by atoms with Crippen LogP contribution in [-0.2, 0) is 9.59 Å². The summed E-state index contributed by atoms with van der Waals surface area (Å²) in [4.78, 5) is 27.7. The number of nitrogens with zero attached hydrogens (tertiary/aromatic N) is 1. The summed E-state index contributed by atoms with van der Waals surface area (Å²) in [5.41, 5.74) is 0.0790. The monoisotopic (exact) mass is 529 g/mol. The van der Waals surface area contributed by atoms with Crippen LogP contribution >= 0.6 is 23.2 Å². The van der Waals surface area contributed by atoms with Crippen LogP contribution < -0.4 is 14.4 Å². The molecule has 3 N–H and O–H groups in total. The SMILES string of the molecule is CCOc1cc(C2/C(=C(\O)c3cc(Cl)ccc3OC)C(=O)C(=O)N2c2cc(Cl)ccc2O)ccc1O. The van der Waals surface area contributed by atoms with Gasteiger partial charge in [-0.2, -0.15) is 0 Å². The highest BCUT2D eigenvalue weighted by Gasteiger charge is 2.48. The van der Waals surface area contributed by atoms with Crippen molar-refractivity contribution in [2.24, 2.45) is 0 Å². The maximum atomic E-state index is 13.4. The van der Waals surface area contributed by atoms with E-state index in [1.165, 1.54) is 55.6 Å². The Balaban J connectivity index is 2.04. The lowest BCUT2D eigenvalue weighted by Crippen LogP contribution is -2.29. The van der Waals surface area contributed by atoms with Crippen molar-refractivity contribution >= 4 is 46.3 Å². The van der Waals surface area contributed by atoms with Gasteiger partial charge in [0.05, 0.1) is 36.6 Å². The van der Waals surface area contributed by atoms with Gasteiger partial charge >= 0.3 is 0 Å². The average Bonchev–Trinajstić information content (AvgIpc) is 3.12. The van der Waals surface area contributed by atoms with Gasteiger partial charge in [0.1, 0.15) is 17.3 Å². The van der Waals surface area contributed by atoms with Crippen molar-refractivity contribution in [3.63, 3.8) is 0 Å². The van der Waals surface area contributed by atoms with E-state index in [1.807, 2.05) is 0 Å². The number of phenols is 2. The molecule has 8 nitrogen and oxygen atoms in total. The molecule has 36 heavy (non-hydrogen) atoms. The molecule has 1 fully saturated rings. The standard InChI is InChI=1S/C26H21Cl2NO7/c1-3-36-21-10-13(4-7-19(21)31)23-22(24(32)16-11-14(27)6-9-20(16)35-2)25(33)26(34)29(23)17-12-15(28)5-8-18(17)30/h4-12,23,30-32H,3H2,1-2H3/b24-22+. The molecule has 10 heteroatoms. The number of carbonyl (C=O) groups is 2. The van der Waals surface area contributed by atoms with Crippen LogP contribution in [0.1, 0.15) is 24.1 Å². The number of methoxy groups -OCH3 is 1. The van der Waals surface area contributed by atoms with Gasteiger partial charge in [-0.25, -0.2) is 0 Å². The molecule has 1 amide bonds. The zero-order valence-electron chi connectivity index (χ0n) is 19.2. The molecule has 186 valence electrons. The number of aliphatic hydroxyl groups is 1. The van der Waals surface area contributed by atoms with E-state index >= 15 is 0 Å². The van der Waals surface area contributed by atoms with E-state index in [1.54, 1.807) is 13.0 Å². The molecule has 3 aromatic carbocycles. The normalized spacial score (nSPS) is 16.9. The molecule has 0 aromatic heterocycles. The van der Waals surface area contributed by atoms with Crippen molar-refractivity contribution < 1.29 is 34.4 Å². The molecular formula is C26H21Cl2NO7. The zero-order valence-corrected chi connectivity index (χ0v) is 20.7. The van der Waals surface area contributed by atoms with Crippen molar-refractivity contribution in [3.8, 4) is 23.0 Å². The van der Waals surface area contributed by atoms with Crippen molar-refractivity contribution in [1.29, 1.82) is 0 Å². The van der Waals surface area contributed by atoms with Crippen LogP contribution in [0.4, 0.5) is 5.69 Å². The number of benzene rings is 3. The van der Waals surface area contributed by atoms with Crippen LogP contribution in [-0.4, -0.2) is 40.7 Å². The molecule has 1 aliphatic heterocycles. The van der Waals surface area contributed by atoms with Gasteiger partial charge in [-0.15, -0.1) is 0 Å². The number of ether oxygens (including phenoxy) is 2. The molecule has 0 spiro atoms. The summed E-state index contributed by atoms with van der Waals surface area (Å²) in [5.74, 6) is -2.69. The van der Waals surface area contributed by atoms with Crippen molar-refractivity contribution in [1.82, 2.24) is 0 Å². The molecule has 1 atom stereocenters. The third kappa shape index (κ3) is 4.41. The number of ketones is 1. The summed E-state index contributed by atoms with van der Waals surface area (Å²) >= 11 is 12.3. The summed E-state index contributed by atoms with van der Waals surface area (Å²) in [6.07, 6.45) is 0. The number of aromatic hydroxyl groups is 2. The van der Waals surface area contributed by atoms with Gasteiger partial charge in [0.2, 0.25) is 0 Å². The highest BCUT2D eigenvalue weighted by Crippen LogP contribution is 2.47. The van der Waals surface area contributed by atoms with Gasteiger partial charge in [-0.3, -0.25) is 14.5 Å². The number of hydrogen-bond acceptors (Lipinski definition) is 7. The minimum Gasteiger partial charge on any atom is -0.507 e. The fourth-order valence-electron chi connectivity index (χ4n) is 4.07. The lowest BCUT2D eigenvalue weighted by atomic mass is 9.94. The van der Waals surface area contributed by atoms with Crippen LogP contribution in [0.25, 0.3) is 5.76 Å². The number of amides is 1. The second kappa shape index (κ2) is 10.0. The molecule has 1 heterocycles. The van der Waals surface area contributed by atoms with Crippen molar-refractivity contribution in [3.05, 3.63) is 81.3 Å². The molecule has 1 aliphatic rings. The largest absolute Gasteiger partial charge is 0.507 e. The van der Waals surface area contributed by atoms with Gasteiger partial charge in [-0.1, -0.05) is 29.3 Å². The van der Waals surface area contributed by atoms with Gasteiger partial charge in [0.15, 0.2) is 11.5 Å². The average molecular weight is 530 g/mol. The Bertz CT molecular complexity index is 1400. The molecule has 0 bridgehead atoms. The zero-order chi connectivity index (χ0) is 26.1. The van der Waals surface area contributed by atoms with Crippen molar-refractivity contribution in [2.45, 2.75) is 13.0 Å². The summed E-state index contributed by atoms with van der Waals surface area (Å²) < 4.78 is 10.8. The maximum absolute atomic E-state index is 13.4. The van der Waals surface area contributed by atoms with Crippen LogP contribution in [0, 0.1) is 0 Å². The van der Waals surface area contributed by atoms with Gasteiger partial charge < -0.3 is 24.8 Å². The Morgan fingerprint density at radius 2 is 1.61 bits per heavy atom. The van der Waals surface area contributed by atoms with E-state index in [9.17, 15) is 24.9 Å². The van der Waals surface area contributed by atoms with E-state index in [0.717, 1.165) is 4.90 Å². The first-order valence-electron chi connectivity index (χ1n) is 10.8. The third-order valence-corrected chi connectivity index (χ3v) is 6.13. The molecule has 0 saturated carbocycles. The molecular weight excluding hydrogens is 509 g/mol. The fourth-order valence-corrected chi connectivity index (χ4v) is 4.41. The highest BCUT2D eigenvalue weighted by molar-refractivity contribution is 6.52. The number of carbonyl (C=O) groups excluding carboxylic acids is 2. The number of rotatable bonds is 6. The van der Waals surface area contributed by atoms with E-state index in [0.29, 0.717) is 5.56 Å². The van der Waals surface area contributed by atoms with Gasteiger partial charge in [0, 0.05) is 10.0 Å². The Morgan fingerprint density at radius 3 is 2.31 bits per heavy atom. The summed E-state index contributed by atoms with van der Waals surface area (Å²) in [6, 6.07) is 11.6. The summed E-state index contributed by atoms with van der Waals surface area (Å²) in [7, 11) is 1.38. The number of Topliss-reactive ketones (excluding diaryl/α,β-unsaturated/α-hetero) is 1. The topological polar surface area (TPSA) is 117 Å². The molecule has 0 aliphatic carbocycles. The quantitative estimate of drug-likeness (QED) is 0.221. The Labute approximate surface area is 216 Å². The third-order valence-electron chi connectivity index (χ3n) is 5.66. The molecule has 4 rings (SSSR count). The predicted molar refractivity (Wildman–Crippen MR) is 135 cm³/mol. The van der Waals surface area contributed by atoms with E-state index in [-0.39, 0.29) is 56.5 Å². The number of halogens is 2. The minimum absolute atomic E-state index is 0.0438. The first-order chi connectivity index (χ1) is 17.2. The maximum Gasteiger partial charge on any atom is 0.300 e. The smallest absolute Gasteiger partial charge is 0.300 e. The molecule has 1 unspecified atom stereocenters. The number of anilines is 1. The fraction of sp³-hybridized carbons (Fsp3) is 0.154. The Hall–Kier alpha value is -3.88. The Kier molecular flexibility index (Phi) is 7.01. The first kappa shape index (κ1) is 25.2. The van der Waals surface area contributed by atoms with Gasteiger partial charge in [0.25, 0.3) is 11.7 Å². The van der Waals surface area contributed by atoms with Crippen LogP contribution in [0.2, 0.25) is 10.0 Å². The highest BCUT2D eigenvalue weighted by atomic mass is 35.5.